The Hall–Kier alpha value is -3.40. The molecule has 0 saturated carbocycles. The molecule has 4 amide bonds. The number of aromatic nitrogens is 1. The molecule has 0 aliphatic carbocycles. The van der Waals surface area contributed by atoms with E-state index in [1.807, 2.05) is 45.2 Å². The number of nitrogens with two attached hydrogens (primary N) is 1. The van der Waals surface area contributed by atoms with Crippen molar-refractivity contribution < 1.29 is 19.2 Å². The monoisotopic (exact) mass is 598 g/mol. The van der Waals surface area contributed by atoms with Crippen LogP contribution in [0.25, 0.3) is 10.9 Å². The molecular formula is C33H54N6O4. The number of nitrogens with one attached hydrogen (secondary N) is 5. The number of para-hydroxylation sites is 1. The maximum absolute atomic E-state index is 13.1. The van der Waals surface area contributed by atoms with E-state index in [0.717, 1.165) is 42.1 Å². The van der Waals surface area contributed by atoms with Crippen molar-refractivity contribution in [3.05, 3.63) is 36.0 Å². The number of fused-ring (bicyclic) bond motifs is 1. The average Bonchev–Trinajstić information content (AvgIpc) is 3.39. The molecule has 3 atom stereocenters. The molecule has 1 aromatic heterocycles. The minimum Gasteiger partial charge on any atom is -0.361 e. The number of carbonyl (C=O) groups excluding carboxylic acids is 4. The van der Waals surface area contributed by atoms with E-state index in [2.05, 4.69) is 32.3 Å². The quantitative estimate of drug-likeness (QED) is 0.114. The van der Waals surface area contributed by atoms with Gasteiger partial charge >= 0.3 is 12.1 Å². The minimum atomic E-state index is -0.293. The molecular weight excluding hydrogens is 544 g/mol. The summed E-state index contributed by atoms with van der Waals surface area (Å²) in [7, 11) is 1.57. The lowest BCUT2D eigenvalue weighted by atomic mass is 9.89. The number of urea groups is 2. The molecule has 1 aromatic carbocycles. The lowest BCUT2D eigenvalue weighted by molar-refractivity contribution is -0.121. The Kier molecular flexibility index (Phi) is 16.4. The first-order valence-electron chi connectivity index (χ1n) is 15.9. The molecule has 0 fully saturated rings. The van der Waals surface area contributed by atoms with Crippen LogP contribution < -0.4 is 27.0 Å². The van der Waals surface area contributed by atoms with Gasteiger partial charge in [-0.1, -0.05) is 45.4 Å². The fourth-order valence-electron chi connectivity index (χ4n) is 5.41. The number of hydrogen-bond donors (Lipinski definition) is 6. The van der Waals surface area contributed by atoms with E-state index in [4.69, 9.17) is 5.73 Å². The Bertz CT molecular complexity index is 1150. The minimum absolute atomic E-state index is 0.0275. The van der Waals surface area contributed by atoms with Crippen molar-refractivity contribution in [2.75, 3.05) is 26.7 Å². The normalized spacial score (nSPS) is 13.3. The number of amides is 4. The van der Waals surface area contributed by atoms with Crippen LogP contribution in [0.2, 0.25) is 0 Å². The SMILES string of the molecule is CCCC(=O)C[C@@H](CCCCN)CNC(=O)N[C@H](CCC(=O)C[C@H](CNC(=O)NC)C(C)C)Cc1c[nH]c2ccccc12. The predicted octanol–water partition coefficient (Wildman–Crippen LogP) is 4.82. The van der Waals surface area contributed by atoms with E-state index in [1.165, 1.54) is 0 Å². The average molecular weight is 599 g/mol. The zero-order valence-electron chi connectivity index (χ0n) is 26.6. The third-order valence-electron chi connectivity index (χ3n) is 8.10. The van der Waals surface area contributed by atoms with E-state index in [1.54, 1.807) is 7.05 Å². The van der Waals surface area contributed by atoms with E-state index >= 15 is 0 Å². The largest absolute Gasteiger partial charge is 0.361 e. The predicted molar refractivity (Wildman–Crippen MR) is 173 cm³/mol. The first-order chi connectivity index (χ1) is 20.7. The summed E-state index contributed by atoms with van der Waals surface area (Å²) >= 11 is 0. The molecule has 0 aliphatic rings. The van der Waals surface area contributed by atoms with Crippen molar-refractivity contribution in [3.63, 3.8) is 0 Å². The van der Waals surface area contributed by atoms with Gasteiger partial charge in [0.05, 0.1) is 0 Å². The Morgan fingerprint density at radius 3 is 2.33 bits per heavy atom. The summed E-state index contributed by atoms with van der Waals surface area (Å²) in [5, 5.41) is 12.6. The van der Waals surface area contributed by atoms with Gasteiger partial charge in [-0.25, -0.2) is 9.59 Å². The molecule has 0 saturated heterocycles. The first-order valence-corrected chi connectivity index (χ1v) is 15.9. The molecule has 0 unspecified atom stereocenters. The van der Waals surface area contributed by atoms with Crippen LogP contribution in [-0.4, -0.2) is 61.3 Å². The summed E-state index contributed by atoms with van der Waals surface area (Å²) in [6.45, 7) is 7.55. The van der Waals surface area contributed by atoms with Crippen LogP contribution in [0.1, 0.15) is 84.1 Å². The number of rotatable bonds is 21. The Labute approximate surface area is 257 Å². The van der Waals surface area contributed by atoms with Gasteiger partial charge in [0.15, 0.2) is 0 Å². The molecule has 240 valence electrons. The molecule has 1 heterocycles. The molecule has 0 spiro atoms. The third kappa shape index (κ3) is 13.6. The number of carbonyl (C=O) groups is 4. The van der Waals surface area contributed by atoms with E-state index in [9.17, 15) is 19.2 Å². The maximum Gasteiger partial charge on any atom is 0.315 e. The van der Waals surface area contributed by atoms with Crippen molar-refractivity contribution in [1.29, 1.82) is 0 Å². The van der Waals surface area contributed by atoms with Crippen LogP contribution in [-0.2, 0) is 16.0 Å². The summed E-state index contributed by atoms with van der Waals surface area (Å²) in [4.78, 5) is 53.5. The van der Waals surface area contributed by atoms with Crippen molar-refractivity contribution in [2.24, 2.45) is 23.5 Å². The van der Waals surface area contributed by atoms with E-state index in [0.29, 0.717) is 58.2 Å². The van der Waals surface area contributed by atoms with Crippen LogP contribution in [0.15, 0.2) is 30.5 Å². The molecule has 7 N–H and O–H groups in total. The molecule has 0 bridgehead atoms. The Morgan fingerprint density at radius 1 is 0.907 bits per heavy atom. The Morgan fingerprint density at radius 2 is 1.63 bits per heavy atom. The Balaban J connectivity index is 2.05. The fourth-order valence-corrected chi connectivity index (χ4v) is 5.41. The second-order valence-corrected chi connectivity index (χ2v) is 12.0. The van der Waals surface area contributed by atoms with Gasteiger partial charge in [0.2, 0.25) is 0 Å². The summed E-state index contributed by atoms with van der Waals surface area (Å²) in [5.74, 6) is 0.663. The summed E-state index contributed by atoms with van der Waals surface area (Å²) in [6, 6.07) is 7.21. The fraction of sp³-hybridized carbons (Fsp3) is 0.636. The first kappa shape index (κ1) is 35.8. The number of unbranched alkanes of at least 4 members (excludes halogenated alkanes) is 1. The maximum atomic E-state index is 13.1. The summed E-state index contributed by atoms with van der Waals surface area (Å²) in [6.07, 6.45) is 8.21. The number of benzene rings is 1. The molecule has 10 heteroatoms. The van der Waals surface area contributed by atoms with Crippen LogP contribution >= 0.6 is 0 Å². The summed E-state index contributed by atoms with van der Waals surface area (Å²) in [5.41, 5.74) is 7.76. The van der Waals surface area contributed by atoms with Crippen molar-refractivity contribution in [1.82, 2.24) is 26.3 Å². The lowest BCUT2D eigenvalue weighted by Crippen LogP contribution is -2.45. The van der Waals surface area contributed by atoms with Crippen molar-refractivity contribution in [2.45, 2.75) is 91.0 Å². The third-order valence-corrected chi connectivity index (χ3v) is 8.10. The van der Waals surface area contributed by atoms with Gasteiger partial charge in [-0.05, 0) is 68.0 Å². The van der Waals surface area contributed by atoms with E-state index < -0.39 is 0 Å². The van der Waals surface area contributed by atoms with Gasteiger partial charge in [0.1, 0.15) is 11.6 Å². The van der Waals surface area contributed by atoms with Gasteiger partial charge in [-0.3, -0.25) is 9.59 Å². The number of ketones is 2. The highest BCUT2D eigenvalue weighted by molar-refractivity contribution is 5.83. The molecule has 0 aliphatic heterocycles. The van der Waals surface area contributed by atoms with Crippen molar-refractivity contribution >= 4 is 34.5 Å². The van der Waals surface area contributed by atoms with Crippen molar-refractivity contribution in [3.8, 4) is 0 Å². The molecule has 2 rings (SSSR count). The van der Waals surface area contributed by atoms with Gasteiger partial charge in [-0.15, -0.1) is 0 Å². The number of hydrogen-bond acceptors (Lipinski definition) is 5. The van der Waals surface area contributed by atoms with Crippen LogP contribution in [0.5, 0.6) is 0 Å². The van der Waals surface area contributed by atoms with Gasteiger partial charge in [0, 0.05) is 69.0 Å². The highest BCUT2D eigenvalue weighted by Crippen LogP contribution is 2.22. The number of H-pyrrole nitrogens is 1. The van der Waals surface area contributed by atoms with Crippen LogP contribution in [0.3, 0.4) is 0 Å². The highest BCUT2D eigenvalue weighted by atomic mass is 16.2. The molecule has 2 aromatic rings. The lowest BCUT2D eigenvalue weighted by Gasteiger charge is -2.23. The summed E-state index contributed by atoms with van der Waals surface area (Å²) < 4.78 is 0. The van der Waals surface area contributed by atoms with Gasteiger partial charge in [0.25, 0.3) is 0 Å². The van der Waals surface area contributed by atoms with E-state index in [-0.39, 0.29) is 47.4 Å². The topological polar surface area (TPSA) is 158 Å². The molecule has 43 heavy (non-hydrogen) atoms. The van der Waals surface area contributed by atoms with Gasteiger partial charge in [-0.2, -0.15) is 0 Å². The van der Waals surface area contributed by atoms with Gasteiger partial charge < -0.3 is 32.0 Å². The second kappa shape index (κ2) is 19.7. The highest BCUT2D eigenvalue weighted by Gasteiger charge is 2.22. The zero-order valence-corrected chi connectivity index (χ0v) is 26.6. The number of aromatic amines is 1. The molecule has 0 radical (unpaired) electrons. The zero-order chi connectivity index (χ0) is 31.6. The standard InChI is InChI=1S/C33H54N6O4/c1-5-10-28(40)17-24(11-8-9-16-34)20-37-33(43)39-27(18-26-22-36-31-13-7-6-12-30(26)31)14-15-29(41)19-25(23(2)3)21-38-32(42)35-4/h6-7,12-13,22-25,27,36H,5,8-11,14-21,34H2,1-4H3,(H2,35,38,42)(H2,37,39,43)/t24-,25-,27-/m1/s1. The van der Waals surface area contributed by atoms with Crippen LogP contribution in [0.4, 0.5) is 9.59 Å². The second-order valence-electron chi connectivity index (χ2n) is 12.0. The van der Waals surface area contributed by atoms with Crippen LogP contribution in [0, 0.1) is 17.8 Å². The number of Topliss-reactive ketones (excluding diaryl/α,β-unsaturated/α-hetero) is 2. The molecule has 10 nitrogen and oxygen atoms in total. The smallest absolute Gasteiger partial charge is 0.315 e.